The van der Waals surface area contributed by atoms with Gasteiger partial charge in [0.25, 0.3) is 0 Å². The van der Waals surface area contributed by atoms with Gasteiger partial charge in [0.2, 0.25) is 0 Å². The van der Waals surface area contributed by atoms with Crippen molar-refractivity contribution in [2.45, 2.75) is 30.3 Å². The molecule has 0 aromatic heterocycles. The van der Waals surface area contributed by atoms with Gasteiger partial charge in [-0.25, -0.2) is 0 Å². The number of carbonyl (C=O) groups is 1. The molecule has 0 spiro atoms. The van der Waals surface area contributed by atoms with Crippen LogP contribution in [0.2, 0.25) is 0 Å². The summed E-state index contributed by atoms with van der Waals surface area (Å²) >= 11 is 3.83. The molecule has 0 aliphatic carbocycles. The van der Waals surface area contributed by atoms with E-state index in [-0.39, 0.29) is 4.08 Å². The minimum Gasteiger partial charge on any atom is -0.298 e. The van der Waals surface area contributed by atoms with Crippen molar-refractivity contribution in [3.63, 3.8) is 0 Å². The van der Waals surface area contributed by atoms with Crippen LogP contribution in [0.4, 0.5) is 0 Å². The van der Waals surface area contributed by atoms with Crippen molar-refractivity contribution < 1.29 is 4.79 Å². The Morgan fingerprint density at radius 1 is 1.26 bits per heavy atom. The van der Waals surface area contributed by atoms with Crippen molar-refractivity contribution in [2.75, 3.05) is 11.5 Å². The highest BCUT2D eigenvalue weighted by Crippen LogP contribution is 2.51. The predicted molar refractivity (Wildman–Crippen MR) is 85.7 cm³/mol. The van der Waals surface area contributed by atoms with E-state index >= 15 is 0 Å². The van der Waals surface area contributed by atoms with E-state index < -0.39 is 0 Å². The molecule has 1 aromatic rings. The number of rotatable bonds is 4. The van der Waals surface area contributed by atoms with Gasteiger partial charge in [0.15, 0.2) is 0 Å². The number of thioether (sulfide) groups is 2. The highest BCUT2D eigenvalue weighted by Gasteiger charge is 2.35. The van der Waals surface area contributed by atoms with Crippen molar-refractivity contribution in [1.82, 2.24) is 0 Å². The fraction of sp³-hybridized carbons (Fsp3) is 0.438. The Kier molecular flexibility index (Phi) is 5.42. The normalized spacial score (nSPS) is 16.7. The van der Waals surface area contributed by atoms with E-state index in [0.717, 1.165) is 29.8 Å². The van der Waals surface area contributed by atoms with Crippen LogP contribution >= 0.6 is 23.5 Å². The van der Waals surface area contributed by atoms with Crippen molar-refractivity contribution >= 4 is 29.8 Å². The fourth-order valence-corrected chi connectivity index (χ4v) is 4.92. The summed E-state index contributed by atoms with van der Waals surface area (Å²) in [6.07, 6.45) is 4.22. The monoisotopic (exact) mass is 290 g/mol. The van der Waals surface area contributed by atoms with Gasteiger partial charge in [-0.1, -0.05) is 43.5 Å². The van der Waals surface area contributed by atoms with E-state index in [1.807, 2.05) is 47.8 Å². The molecular formula is C16H18OS2. The van der Waals surface area contributed by atoms with Crippen molar-refractivity contribution in [2.24, 2.45) is 0 Å². The maximum atomic E-state index is 10.7. The van der Waals surface area contributed by atoms with Gasteiger partial charge in [-0.2, -0.15) is 0 Å². The molecule has 0 bridgehead atoms. The molecule has 2 rings (SSSR count). The maximum absolute atomic E-state index is 10.7. The number of unbranched alkanes of at least 4 members (excludes halogenated alkanes) is 2. The molecule has 1 nitrogen and oxygen atoms in total. The Bertz CT molecular complexity index is 476. The summed E-state index contributed by atoms with van der Waals surface area (Å²) in [7, 11) is 0. The van der Waals surface area contributed by atoms with E-state index in [0.29, 0.717) is 0 Å². The number of carbonyl (C=O) groups excluding carboxylic acids is 1. The SMILES string of the molecule is CCCCC#CC1(c2ccc(C=O)cc2)SCCS1. The van der Waals surface area contributed by atoms with Gasteiger partial charge >= 0.3 is 0 Å². The minimum atomic E-state index is -0.116. The molecule has 19 heavy (non-hydrogen) atoms. The third-order valence-electron chi connectivity index (χ3n) is 3.03. The minimum absolute atomic E-state index is 0.116. The number of aldehydes is 1. The maximum Gasteiger partial charge on any atom is 0.150 e. The molecule has 1 heterocycles. The van der Waals surface area contributed by atoms with Crippen molar-refractivity contribution in [1.29, 1.82) is 0 Å². The van der Waals surface area contributed by atoms with Gasteiger partial charge in [0, 0.05) is 23.5 Å². The van der Waals surface area contributed by atoms with Gasteiger partial charge < -0.3 is 0 Å². The lowest BCUT2D eigenvalue weighted by molar-refractivity contribution is 0.112. The van der Waals surface area contributed by atoms with E-state index in [9.17, 15) is 4.79 Å². The highest BCUT2D eigenvalue weighted by atomic mass is 32.2. The average Bonchev–Trinajstić information content (AvgIpc) is 2.94. The first-order chi connectivity index (χ1) is 9.30. The lowest BCUT2D eigenvalue weighted by atomic mass is 10.1. The van der Waals surface area contributed by atoms with Crippen molar-refractivity contribution in [3.05, 3.63) is 35.4 Å². The van der Waals surface area contributed by atoms with Crippen molar-refractivity contribution in [3.8, 4) is 11.8 Å². The Morgan fingerprint density at radius 3 is 2.53 bits per heavy atom. The molecule has 100 valence electrons. The van der Waals surface area contributed by atoms with E-state index in [1.54, 1.807) is 0 Å². The molecular weight excluding hydrogens is 272 g/mol. The van der Waals surface area contributed by atoms with Crippen LogP contribution in [0.25, 0.3) is 0 Å². The molecule has 0 N–H and O–H groups in total. The van der Waals surface area contributed by atoms with Crippen LogP contribution in [0.1, 0.15) is 42.1 Å². The number of hydrogen-bond donors (Lipinski definition) is 0. The predicted octanol–water partition coefficient (Wildman–Crippen LogP) is 4.33. The van der Waals surface area contributed by atoms with Gasteiger partial charge in [-0.05, 0) is 12.0 Å². The molecule has 1 fully saturated rings. The molecule has 0 atom stereocenters. The summed E-state index contributed by atoms with van der Waals surface area (Å²) in [5.41, 5.74) is 1.94. The first-order valence-corrected chi connectivity index (χ1v) is 8.61. The largest absolute Gasteiger partial charge is 0.298 e. The second kappa shape index (κ2) is 7.07. The third kappa shape index (κ3) is 3.58. The molecule has 3 heteroatoms. The molecule has 1 aliphatic heterocycles. The zero-order chi connectivity index (χ0) is 13.6. The summed E-state index contributed by atoms with van der Waals surface area (Å²) in [4.78, 5) is 10.7. The van der Waals surface area contributed by atoms with Crippen LogP contribution in [-0.2, 0) is 4.08 Å². The Hall–Kier alpha value is -0.850. The molecule has 1 saturated heterocycles. The van der Waals surface area contributed by atoms with E-state index in [4.69, 9.17) is 0 Å². The van der Waals surface area contributed by atoms with Gasteiger partial charge in [0.1, 0.15) is 10.4 Å². The Balaban J connectivity index is 2.21. The number of benzene rings is 1. The molecule has 0 unspecified atom stereocenters. The molecule has 0 amide bonds. The van der Waals surface area contributed by atoms with Gasteiger partial charge in [-0.3, -0.25) is 4.79 Å². The van der Waals surface area contributed by atoms with Crippen LogP contribution in [-0.4, -0.2) is 17.8 Å². The van der Waals surface area contributed by atoms with Crippen LogP contribution in [0.15, 0.2) is 24.3 Å². The van der Waals surface area contributed by atoms with Gasteiger partial charge in [0.05, 0.1) is 0 Å². The summed E-state index contributed by atoms with van der Waals surface area (Å²) < 4.78 is -0.116. The zero-order valence-corrected chi connectivity index (χ0v) is 12.8. The second-order valence-corrected chi connectivity index (χ2v) is 7.34. The van der Waals surface area contributed by atoms with Crippen LogP contribution in [0.5, 0.6) is 0 Å². The summed E-state index contributed by atoms with van der Waals surface area (Å²) in [6, 6.07) is 7.86. The summed E-state index contributed by atoms with van der Waals surface area (Å²) in [6.45, 7) is 2.19. The average molecular weight is 290 g/mol. The van der Waals surface area contributed by atoms with Crippen LogP contribution in [0.3, 0.4) is 0 Å². The molecule has 1 aliphatic rings. The number of hydrogen-bond acceptors (Lipinski definition) is 3. The van der Waals surface area contributed by atoms with E-state index in [1.165, 1.54) is 18.4 Å². The Labute approximate surface area is 123 Å². The lowest BCUT2D eigenvalue weighted by Gasteiger charge is -2.21. The summed E-state index contributed by atoms with van der Waals surface area (Å²) in [5, 5.41) is 0. The lowest BCUT2D eigenvalue weighted by Crippen LogP contribution is -2.11. The van der Waals surface area contributed by atoms with Crippen LogP contribution < -0.4 is 0 Å². The topological polar surface area (TPSA) is 17.1 Å². The second-order valence-electron chi connectivity index (χ2n) is 4.46. The zero-order valence-electron chi connectivity index (χ0n) is 11.1. The third-order valence-corrected chi connectivity index (χ3v) is 6.30. The molecule has 0 radical (unpaired) electrons. The highest BCUT2D eigenvalue weighted by molar-refractivity contribution is 8.20. The molecule has 1 aromatic carbocycles. The molecule has 0 saturated carbocycles. The Morgan fingerprint density at radius 2 is 1.95 bits per heavy atom. The first-order valence-electron chi connectivity index (χ1n) is 6.64. The standard InChI is InChI=1S/C16H18OS2/c1-2-3-4-5-10-16(18-11-12-19-16)15-8-6-14(13-17)7-9-15/h6-9,13H,2-4,11-12H2,1H3. The smallest absolute Gasteiger partial charge is 0.150 e. The fourth-order valence-electron chi connectivity index (χ4n) is 1.95. The van der Waals surface area contributed by atoms with E-state index in [2.05, 4.69) is 18.8 Å². The summed E-state index contributed by atoms with van der Waals surface area (Å²) in [5.74, 6) is 9.09. The van der Waals surface area contributed by atoms with Gasteiger partial charge in [-0.15, -0.1) is 29.4 Å². The quantitative estimate of drug-likeness (QED) is 0.467. The van der Waals surface area contributed by atoms with Crippen LogP contribution in [0, 0.1) is 11.8 Å². The first kappa shape index (κ1) is 14.6.